The molecule has 0 aliphatic carbocycles. The fraction of sp³-hybridized carbons (Fsp3) is 0.182. The van der Waals surface area contributed by atoms with Crippen LogP contribution in [0.3, 0.4) is 0 Å². The van der Waals surface area contributed by atoms with Crippen LogP contribution in [0.15, 0.2) is 34.3 Å². The Labute approximate surface area is 110 Å². The molecule has 5 nitrogen and oxygen atoms in total. The summed E-state index contributed by atoms with van der Waals surface area (Å²) in [6.45, 7) is -2.68. The number of thiophene rings is 1. The van der Waals surface area contributed by atoms with E-state index < -0.39 is 6.55 Å². The number of hydrogen-bond donors (Lipinski definition) is 0. The summed E-state index contributed by atoms with van der Waals surface area (Å²) in [5.74, 6) is 0.648. The zero-order valence-electron chi connectivity index (χ0n) is 9.53. The van der Waals surface area contributed by atoms with Gasteiger partial charge in [0.1, 0.15) is 0 Å². The molecule has 0 N–H and O–H groups in total. The summed E-state index contributed by atoms with van der Waals surface area (Å²) in [5.41, 5.74) is 0.241. The maximum atomic E-state index is 12.4. The number of nitrogens with zero attached hydrogens (tertiary/aromatic N) is 4. The van der Waals surface area contributed by atoms with Gasteiger partial charge in [-0.1, -0.05) is 11.2 Å². The lowest BCUT2D eigenvalue weighted by Crippen LogP contribution is -1.98. The second-order valence-electron chi connectivity index (χ2n) is 3.73. The Morgan fingerprint density at radius 1 is 1.37 bits per heavy atom. The van der Waals surface area contributed by atoms with Crippen LogP contribution >= 0.6 is 11.3 Å². The van der Waals surface area contributed by atoms with Crippen molar-refractivity contribution < 1.29 is 13.3 Å². The van der Waals surface area contributed by atoms with Gasteiger partial charge in [0.15, 0.2) is 11.5 Å². The minimum absolute atomic E-state index is 0.144. The van der Waals surface area contributed by atoms with E-state index in [4.69, 9.17) is 4.52 Å². The van der Waals surface area contributed by atoms with E-state index in [0.717, 1.165) is 4.88 Å². The molecule has 98 valence electrons. The molecule has 19 heavy (non-hydrogen) atoms. The van der Waals surface area contributed by atoms with Crippen molar-refractivity contribution in [1.29, 1.82) is 0 Å². The lowest BCUT2D eigenvalue weighted by Gasteiger charge is -1.95. The van der Waals surface area contributed by atoms with Crippen molar-refractivity contribution in [3.63, 3.8) is 0 Å². The van der Waals surface area contributed by atoms with Crippen LogP contribution in [-0.4, -0.2) is 19.9 Å². The Hall–Kier alpha value is -2.09. The summed E-state index contributed by atoms with van der Waals surface area (Å²) in [4.78, 5) is 5.24. The van der Waals surface area contributed by atoms with Crippen LogP contribution in [-0.2, 0) is 6.42 Å². The van der Waals surface area contributed by atoms with Gasteiger partial charge in [0.25, 0.3) is 5.89 Å². The molecule has 0 saturated heterocycles. The molecule has 0 radical (unpaired) electrons. The molecule has 8 heteroatoms. The topological polar surface area (TPSA) is 56.7 Å². The SMILES string of the molecule is FC(F)n1ccc(-c2nc(Cc3cccs3)no2)n1. The van der Waals surface area contributed by atoms with Crippen LogP contribution < -0.4 is 0 Å². The van der Waals surface area contributed by atoms with Crippen molar-refractivity contribution in [3.05, 3.63) is 40.5 Å². The summed E-state index contributed by atoms with van der Waals surface area (Å²) >= 11 is 1.59. The second kappa shape index (κ2) is 4.88. The molecule has 0 fully saturated rings. The Kier molecular flexibility index (Phi) is 3.08. The van der Waals surface area contributed by atoms with Gasteiger partial charge in [0.05, 0.1) is 0 Å². The number of aromatic nitrogens is 4. The quantitative estimate of drug-likeness (QED) is 0.738. The highest BCUT2D eigenvalue weighted by atomic mass is 32.1. The lowest BCUT2D eigenvalue weighted by molar-refractivity contribution is 0.0568. The third-order valence-electron chi connectivity index (χ3n) is 2.41. The zero-order valence-corrected chi connectivity index (χ0v) is 10.3. The third kappa shape index (κ3) is 2.53. The molecular weight excluding hydrogens is 274 g/mol. The summed E-state index contributed by atoms with van der Waals surface area (Å²) in [6.07, 6.45) is 1.72. The number of hydrogen-bond acceptors (Lipinski definition) is 5. The van der Waals surface area contributed by atoms with Crippen molar-refractivity contribution in [2.45, 2.75) is 13.0 Å². The van der Waals surface area contributed by atoms with E-state index >= 15 is 0 Å². The van der Waals surface area contributed by atoms with Crippen molar-refractivity contribution >= 4 is 11.3 Å². The van der Waals surface area contributed by atoms with Gasteiger partial charge in [-0.25, -0.2) is 4.68 Å². The van der Waals surface area contributed by atoms with Crippen LogP contribution in [0.2, 0.25) is 0 Å². The van der Waals surface area contributed by atoms with Crippen LogP contribution in [0, 0.1) is 0 Å². The maximum absolute atomic E-state index is 12.4. The first-order valence-electron chi connectivity index (χ1n) is 5.41. The normalized spacial score (nSPS) is 11.3. The number of halogens is 2. The molecule has 3 aromatic heterocycles. The molecule has 0 spiro atoms. The van der Waals surface area contributed by atoms with Crippen molar-refractivity contribution in [2.24, 2.45) is 0 Å². The van der Waals surface area contributed by atoms with E-state index in [0.29, 0.717) is 16.9 Å². The molecule has 3 rings (SSSR count). The molecule has 0 atom stereocenters. The van der Waals surface area contributed by atoms with E-state index in [2.05, 4.69) is 15.2 Å². The van der Waals surface area contributed by atoms with Crippen molar-refractivity contribution in [3.8, 4) is 11.6 Å². The smallest absolute Gasteiger partial charge is 0.332 e. The summed E-state index contributed by atoms with van der Waals surface area (Å²) < 4.78 is 30.3. The minimum Gasteiger partial charge on any atom is -0.332 e. The van der Waals surface area contributed by atoms with Gasteiger partial charge in [0, 0.05) is 17.5 Å². The van der Waals surface area contributed by atoms with E-state index in [1.54, 1.807) is 11.3 Å². The molecular formula is C11H8F2N4OS. The van der Waals surface area contributed by atoms with Gasteiger partial charge < -0.3 is 4.52 Å². The van der Waals surface area contributed by atoms with Gasteiger partial charge in [-0.15, -0.1) is 11.3 Å². The van der Waals surface area contributed by atoms with E-state index in [-0.39, 0.29) is 11.6 Å². The highest BCUT2D eigenvalue weighted by molar-refractivity contribution is 7.09. The Morgan fingerprint density at radius 3 is 2.95 bits per heavy atom. The molecule has 0 aromatic carbocycles. The average molecular weight is 282 g/mol. The van der Waals surface area contributed by atoms with E-state index in [9.17, 15) is 8.78 Å². The third-order valence-corrected chi connectivity index (χ3v) is 3.28. The van der Waals surface area contributed by atoms with Gasteiger partial charge in [-0.3, -0.25) is 0 Å². The van der Waals surface area contributed by atoms with E-state index in [1.807, 2.05) is 17.5 Å². The Bertz CT molecular complexity index is 662. The van der Waals surface area contributed by atoms with Gasteiger partial charge in [0.2, 0.25) is 0 Å². The van der Waals surface area contributed by atoms with Crippen LogP contribution in [0.5, 0.6) is 0 Å². The zero-order chi connectivity index (χ0) is 13.2. The predicted molar refractivity (Wildman–Crippen MR) is 63.9 cm³/mol. The highest BCUT2D eigenvalue weighted by Crippen LogP contribution is 2.19. The number of alkyl halides is 2. The highest BCUT2D eigenvalue weighted by Gasteiger charge is 2.14. The largest absolute Gasteiger partial charge is 0.333 e. The predicted octanol–water partition coefficient (Wildman–Crippen LogP) is 2.98. The monoisotopic (exact) mass is 282 g/mol. The van der Waals surface area contributed by atoms with Gasteiger partial charge in [-0.05, 0) is 17.5 Å². The standard InChI is InChI=1S/C11H8F2N4OS/c12-11(13)17-4-3-8(15-17)10-14-9(16-18-10)6-7-2-1-5-19-7/h1-5,11H,6H2. The van der Waals surface area contributed by atoms with Crippen molar-refractivity contribution in [2.75, 3.05) is 0 Å². The molecule has 0 aliphatic rings. The molecule has 0 aliphatic heterocycles. The average Bonchev–Trinajstić information content (AvgIpc) is 3.09. The minimum atomic E-state index is -2.68. The van der Waals surface area contributed by atoms with Crippen LogP contribution in [0.1, 0.15) is 17.3 Å². The second-order valence-corrected chi connectivity index (χ2v) is 4.76. The summed E-state index contributed by atoms with van der Waals surface area (Å²) in [6, 6.07) is 5.31. The van der Waals surface area contributed by atoms with Crippen molar-refractivity contribution in [1.82, 2.24) is 19.9 Å². The summed E-state index contributed by atoms with van der Waals surface area (Å²) in [7, 11) is 0. The molecule has 3 heterocycles. The van der Waals surface area contributed by atoms with Gasteiger partial charge >= 0.3 is 6.55 Å². The Morgan fingerprint density at radius 2 is 2.26 bits per heavy atom. The van der Waals surface area contributed by atoms with E-state index in [1.165, 1.54) is 12.3 Å². The molecule has 3 aromatic rings. The van der Waals surface area contributed by atoms with Crippen LogP contribution in [0.4, 0.5) is 8.78 Å². The molecule has 0 saturated carbocycles. The maximum Gasteiger partial charge on any atom is 0.333 e. The lowest BCUT2D eigenvalue weighted by atomic mass is 10.3. The molecule has 0 bridgehead atoms. The number of rotatable bonds is 4. The molecule has 0 amide bonds. The van der Waals surface area contributed by atoms with Crippen LogP contribution in [0.25, 0.3) is 11.6 Å². The fourth-order valence-electron chi connectivity index (χ4n) is 1.56. The Balaban J connectivity index is 1.80. The molecule has 0 unspecified atom stereocenters. The first-order valence-corrected chi connectivity index (χ1v) is 6.29. The van der Waals surface area contributed by atoms with Gasteiger partial charge in [-0.2, -0.15) is 18.9 Å². The summed E-state index contributed by atoms with van der Waals surface area (Å²) in [5, 5.41) is 9.43. The first kappa shape index (κ1) is 12.0. The first-order chi connectivity index (χ1) is 9.22. The fourth-order valence-corrected chi connectivity index (χ4v) is 2.26.